The molecule has 32 heavy (non-hydrogen) atoms. The summed E-state index contributed by atoms with van der Waals surface area (Å²) >= 11 is 0. The molecular formula is C22H25N3O6S. The highest BCUT2D eigenvalue weighted by Gasteiger charge is 2.26. The molecule has 0 unspecified atom stereocenters. The summed E-state index contributed by atoms with van der Waals surface area (Å²) in [4.78, 5) is 4.68. The lowest BCUT2D eigenvalue weighted by molar-refractivity contribution is 0.0730. The van der Waals surface area contributed by atoms with Gasteiger partial charge in [-0.3, -0.25) is 0 Å². The fourth-order valence-corrected chi connectivity index (χ4v) is 4.76. The van der Waals surface area contributed by atoms with Crippen LogP contribution in [0, 0.1) is 0 Å². The Balaban J connectivity index is 1.55. The highest BCUT2D eigenvalue weighted by atomic mass is 32.2. The Bertz CT molecular complexity index is 1150. The van der Waals surface area contributed by atoms with E-state index in [9.17, 15) is 8.42 Å². The molecule has 1 aliphatic rings. The van der Waals surface area contributed by atoms with E-state index in [-0.39, 0.29) is 4.90 Å². The fourth-order valence-electron chi connectivity index (χ4n) is 3.35. The summed E-state index contributed by atoms with van der Waals surface area (Å²) in [6.07, 6.45) is 0. The van der Waals surface area contributed by atoms with E-state index in [1.54, 1.807) is 36.4 Å². The maximum Gasteiger partial charge on any atom is 0.258 e. The number of hydrogen-bond acceptors (Lipinski definition) is 8. The molecule has 1 aliphatic heterocycles. The van der Waals surface area contributed by atoms with Gasteiger partial charge in [-0.1, -0.05) is 5.16 Å². The number of aromatic nitrogens is 2. The monoisotopic (exact) mass is 459 g/mol. The lowest BCUT2D eigenvalue weighted by Crippen LogP contribution is -2.40. The summed E-state index contributed by atoms with van der Waals surface area (Å²) in [7, 11) is -3.55. The summed E-state index contributed by atoms with van der Waals surface area (Å²) in [6.45, 7) is 6.34. The van der Waals surface area contributed by atoms with Crippen LogP contribution in [-0.4, -0.2) is 62.4 Å². The van der Waals surface area contributed by atoms with E-state index in [0.717, 1.165) is 0 Å². The van der Waals surface area contributed by atoms with E-state index in [2.05, 4.69) is 10.1 Å². The summed E-state index contributed by atoms with van der Waals surface area (Å²) in [5, 5.41) is 4.04. The van der Waals surface area contributed by atoms with Crippen LogP contribution >= 0.6 is 0 Å². The Kier molecular flexibility index (Phi) is 6.73. The second kappa shape index (κ2) is 9.68. The van der Waals surface area contributed by atoms with Crippen molar-refractivity contribution in [2.75, 3.05) is 39.5 Å². The van der Waals surface area contributed by atoms with Crippen LogP contribution in [0.4, 0.5) is 0 Å². The van der Waals surface area contributed by atoms with Gasteiger partial charge in [0.05, 0.1) is 31.3 Å². The minimum Gasteiger partial charge on any atom is -0.490 e. The highest BCUT2D eigenvalue weighted by molar-refractivity contribution is 7.89. The molecule has 2 aromatic carbocycles. The molecule has 10 heteroatoms. The first kappa shape index (κ1) is 22.3. The first-order valence-corrected chi connectivity index (χ1v) is 11.9. The fraction of sp³-hybridized carbons (Fsp3) is 0.364. The van der Waals surface area contributed by atoms with Gasteiger partial charge in [0.25, 0.3) is 5.89 Å². The molecule has 9 nitrogen and oxygen atoms in total. The van der Waals surface area contributed by atoms with Gasteiger partial charge >= 0.3 is 0 Å². The first-order valence-electron chi connectivity index (χ1n) is 10.4. The van der Waals surface area contributed by atoms with Gasteiger partial charge in [-0.25, -0.2) is 8.42 Å². The molecule has 0 bridgehead atoms. The van der Waals surface area contributed by atoms with Crippen molar-refractivity contribution in [3.05, 3.63) is 42.5 Å². The molecule has 3 aromatic rings. The average Bonchev–Trinajstić information content (AvgIpc) is 3.31. The SMILES string of the molecule is CCOc1ccc(-c2nc(-c3ccc(S(=O)(=O)N4CCOCC4)cc3)no2)cc1OCC. The Morgan fingerprint density at radius 3 is 2.28 bits per heavy atom. The number of rotatable bonds is 8. The third-order valence-corrected chi connectivity index (χ3v) is 6.85. The van der Waals surface area contributed by atoms with Gasteiger partial charge in [-0.15, -0.1) is 0 Å². The molecule has 1 saturated heterocycles. The molecule has 0 N–H and O–H groups in total. The van der Waals surface area contributed by atoms with E-state index in [0.29, 0.717) is 73.9 Å². The summed E-state index contributed by atoms with van der Waals surface area (Å²) in [5.41, 5.74) is 1.35. The molecule has 1 aromatic heterocycles. The van der Waals surface area contributed by atoms with Gasteiger partial charge in [0, 0.05) is 24.2 Å². The largest absolute Gasteiger partial charge is 0.490 e. The van der Waals surface area contributed by atoms with E-state index < -0.39 is 10.0 Å². The van der Waals surface area contributed by atoms with Crippen molar-refractivity contribution in [2.45, 2.75) is 18.7 Å². The van der Waals surface area contributed by atoms with Crippen LogP contribution in [0.1, 0.15) is 13.8 Å². The lowest BCUT2D eigenvalue weighted by Gasteiger charge is -2.26. The van der Waals surface area contributed by atoms with E-state index in [1.807, 2.05) is 19.9 Å². The van der Waals surface area contributed by atoms with Gasteiger partial charge in [0.15, 0.2) is 11.5 Å². The summed E-state index contributed by atoms with van der Waals surface area (Å²) < 4.78 is 48.9. The third-order valence-electron chi connectivity index (χ3n) is 4.94. The van der Waals surface area contributed by atoms with Crippen molar-refractivity contribution >= 4 is 10.0 Å². The van der Waals surface area contributed by atoms with E-state index >= 15 is 0 Å². The van der Waals surface area contributed by atoms with Gasteiger partial charge in [0.1, 0.15) is 0 Å². The summed E-state index contributed by atoms with van der Waals surface area (Å²) in [5.74, 6) is 1.94. The average molecular weight is 460 g/mol. The maximum atomic E-state index is 12.8. The van der Waals surface area contributed by atoms with Crippen molar-refractivity contribution in [1.29, 1.82) is 0 Å². The van der Waals surface area contributed by atoms with Crippen molar-refractivity contribution < 1.29 is 27.2 Å². The number of ether oxygens (including phenoxy) is 3. The molecule has 0 aliphatic carbocycles. The second-order valence-electron chi connectivity index (χ2n) is 6.99. The highest BCUT2D eigenvalue weighted by Crippen LogP contribution is 2.33. The van der Waals surface area contributed by atoms with E-state index in [1.165, 1.54) is 4.31 Å². The summed E-state index contributed by atoms with van der Waals surface area (Å²) in [6, 6.07) is 11.9. The first-order chi connectivity index (χ1) is 15.5. The van der Waals surface area contributed by atoms with Gasteiger partial charge in [-0.2, -0.15) is 9.29 Å². The topological polar surface area (TPSA) is 104 Å². The van der Waals surface area contributed by atoms with Crippen molar-refractivity contribution in [3.8, 4) is 34.3 Å². The maximum absolute atomic E-state index is 12.8. The van der Waals surface area contributed by atoms with Gasteiger partial charge in [0.2, 0.25) is 15.8 Å². The van der Waals surface area contributed by atoms with Gasteiger partial charge in [-0.05, 0) is 56.3 Å². The standard InChI is InChI=1S/C22H25N3O6S/c1-3-29-19-10-7-17(15-20(19)30-4-2)22-23-21(24-31-22)16-5-8-18(9-6-16)32(26,27)25-11-13-28-14-12-25/h5-10,15H,3-4,11-14H2,1-2H3. The minimum absolute atomic E-state index is 0.222. The molecule has 0 saturated carbocycles. The molecule has 0 radical (unpaired) electrons. The zero-order chi connectivity index (χ0) is 22.6. The van der Waals surface area contributed by atoms with Crippen LogP contribution in [0.2, 0.25) is 0 Å². The third kappa shape index (κ3) is 4.62. The number of nitrogens with zero attached hydrogens (tertiary/aromatic N) is 3. The normalized spacial score (nSPS) is 14.9. The van der Waals surface area contributed by atoms with Crippen molar-refractivity contribution in [2.24, 2.45) is 0 Å². The van der Waals surface area contributed by atoms with Crippen LogP contribution in [0.15, 0.2) is 51.9 Å². The minimum atomic E-state index is -3.55. The Morgan fingerprint density at radius 2 is 1.59 bits per heavy atom. The Labute approximate surface area is 187 Å². The predicted molar refractivity (Wildman–Crippen MR) is 117 cm³/mol. The second-order valence-corrected chi connectivity index (χ2v) is 8.93. The van der Waals surface area contributed by atoms with Gasteiger partial charge < -0.3 is 18.7 Å². The molecule has 0 amide bonds. The number of morpholine rings is 1. The smallest absolute Gasteiger partial charge is 0.258 e. The predicted octanol–water partition coefficient (Wildman–Crippen LogP) is 3.22. The lowest BCUT2D eigenvalue weighted by atomic mass is 10.2. The van der Waals surface area contributed by atoms with Crippen LogP contribution in [0.3, 0.4) is 0 Å². The Hall–Kier alpha value is -2.95. The van der Waals surface area contributed by atoms with Crippen LogP contribution in [-0.2, 0) is 14.8 Å². The van der Waals surface area contributed by atoms with Crippen molar-refractivity contribution in [3.63, 3.8) is 0 Å². The molecule has 2 heterocycles. The van der Waals surface area contributed by atoms with Crippen LogP contribution in [0.5, 0.6) is 11.5 Å². The van der Waals surface area contributed by atoms with Crippen LogP contribution < -0.4 is 9.47 Å². The number of benzene rings is 2. The quantitative estimate of drug-likeness (QED) is 0.506. The number of hydrogen-bond donors (Lipinski definition) is 0. The molecule has 4 rings (SSSR count). The molecule has 0 atom stereocenters. The molecule has 1 fully saturated rings. The molecule has 170 valence electrons. The zero-order valence-corrected chi connectivity index (χ0v) is 18.8. The molecular weight excluding hydrogens is 434 g/mol. The van der Waals surface area contributed by atoms with Crippen molar-refractivity contribution in [1.82, 2.24) is 14.4 Å². The van der Waals surface area contributed by atoms with E-state index in [4.69, 9.17) is 18.7 Å². The Morgan fingerprint density at radius 1 is 0.938 bits per heavy atom. The molecule has 0 spiro atoms. The van der Waals surface area contributed by atoms with Crippen LogP contribution in [0.25, 0.3) is 22.8 Å². The number of sulfonamides is 1. The zero-order valence-electron chi connectivity index (χ0n) is 18.0.